The maximum Gasteiger partial charge on any atom is 0.247 e. The van der Waals surface area contributed by atoms with Gasteiger partial charge in [-0.25, -0.2) is 0 Å². The van der Waals surface area contributed by atoms with Gasteiger partial charge < -0.3 is 15.2 Å². The van der Waals surface area contributed by atoms with E-state index in [1.807, 2.05) is 30.5 Å². The van der Waals surface area contributed by atoms with Gasteiger partial charge in [0.25, 0.3) is 0 Å². The molecule has 0 radical (unpaired) electrons. The van der Waals surface area contributed by atoms with Crippen LogP contribution in [0.2, 0.25) is 0 Å². The van der Waals surface area contributed by atoms with E-state index in [2.05, 4.69) is 52.4 Å². The van der Waals surface area contributed by atoms with Crippen LogP contribution in [0.25, 0.3) is 11.3 Å². The van der Waals surface area contributed by atoms with Crippen LogP contribution in [0.4, 0.5) is 5.69 Å². The van der Waals surface area contributed by atoms with Crippen LogP contribution in [-0.4, -0.2) is 26.5 Å². The fraction of sp³-hybridized carbons (Fsp3) is 0.118. The number of rotatable bonds is 2. The first-order valence-electron chi connectivity index (χ1n) is 7.56. The van der Waals surface area contributed by atoms with E-state index in [4.69, 9.17) is 4.74 Å². The second-order valence-corrected chi connectivity index (χ2v) is 7.96. The van der Waals surface area contributed by atoms with Crippen molar-refractivity contribution in [3.63, 3.8) is 0 Å². The Kier molecular flexibility index (Phi) is 4.76. The molecule has 9 heteroatoms. The number of halogens is 2. The summed E-state index contributed by atoms with van der Waals surface area (Å²) < 4.78 is 7.29. The Morgan fingerprint density at radius 2 is 1.88 bits per heavy atom. The minimum atomic E-state index is -0.517. The second-order valence-electron chi connectivity index (χ2n) is 5.47. The van der Waals surface area contributed by atoms with Crippen molar-refractivity contribution >= 4 is 49.3 Å². The number of phenolic OH excluding ortho intramolecular Hbond substituents is 1. The van der Waals surface area contributed by atoms with E-state index < -0.39 is 6.23 Å². The van der Waals surface area contributed by atoms with Crippen molar-refractivity contribution in [2.75, 3.05) is 11.6 Å². The van der Waals surface area contributed by atoms with Crippen molar-refractivity contribution in [2.45, 2.75) is 11.4 Å². The van der Waals surface area contributed by atoms with Crippen molar-refractivity contribution < 1.29 is 9.84 Å². The molecule has 1 aliphatic heterocycles. The highest BCUT2D eigenvalue weighted by molar-refractivity contribution is 9.11. The molecule has 6 nitrogen and oxygen atoms in total. The number of aromatic hydroxyl groups is 1. The molecule has 2 heterocycles. The van der Waals surface area contributed by atoms with E-state index in [9.17, 15) is 5.11 Å². The monoisotopic (exact) mass is 494 g/mol. The predicted molar refractivity (Wildman–Crippen MR) is 108 cm³/mol. The molecule has 2 aromatic carbocycles. The third kappa shape index (κ3) is 3.15. The Morgan fingerprint density at radius 3 is 2.62 bits per heavy atom. The van der Waals surface area contributed by atoms with Crippen LogP contribution in [0.1, 0.15) is 11.8 Å². The summed E-state index contributed by atoms with van der Waals surface area (Å²) in [5.74, 6) is 0.545. The fourth-order valence-electron chi connectivity index (χ4n) is 2.62. The molecule has 0 saturated carbocycles. The van der Waals surface area contributed by atoms with Crippen LogP contribution in [0.5, 0.6) is 11.6 Å². The SMILES string of the molecule is CSc1nnc2c(n1)O[C@@H](c1cc(Br)c(O)c(Br)c1)Nc1ccccc1-2. The van der Waals surface area contributed by atoms with E-state index in [0.29, 0.717) is 25.7 Å². The highest BCUT2D eigenvalue weighted by Gasteiger charge is 2.26. The first kappa shape index (κ1) is 17.6. The zero-order valence-corrected chi connectivity index (χ0v) is 17.4. The zero-order chi connectivity index (χ0) is 18.3. The summed E-state index contributed by atoms with van der Waals surface area (Å²) in [5.41, 5.74) is 3.14. The van der Waals surface area contributed by atoms with E-state index in [1.165, 1.54) is 11.8 Å². The van der Waals surface area contributed by atoms with Crippen molar-refractivity contribution in [3.8, 4) is 22.9 Å². The molecule has 4 rings (SSSR count). The number of anilines is 1. The number of ether oxygens (including phenoxy) is 1. The number of phenols is 1. The van der Waals surface area contributed by atoms with Crippen LogP contribution in [0.3, 0.4) is 0 Å². The fourth-order valence-corrected chi connectivity index (χ4v) is 4.14. The van der Waals surface area contributed by atoms with Crippen LogP contribution in [0.15, 0.2) is 50.5 Å². The largest absolute Gasteiger partial charge is 0.506 e. The number of hydrogen-bond donors (Lipinski definition) is 2. The third-order valence-corrected chi connectivity index (χ3v) is 5.61. The van der Waals surface area contributed by atoms with Gasteiger partial charge in [-0.3, -0.25) is 0 Å². The van der Waals surface area contributed by atoms with Gasteiger partial charge in [0.1, 0.15) is 5.75 Å². The molecule has 0 spiro atoms. The summed E-state index contributed by atoms with van der Waals surface area (Å²) in [4.78, 5) is 4.48. The molecule has 2 N–H and O–H groups in total. The molecule has 1 aliphatic rings. The second kappa shape index (κ2) is 7.05. The zero-order valence-electron chi connectivity index (χ0n) is 13.4. The van der Waals surface area contributed by atoms with Crippen molar-refractivity contribution in [1.29, 1.82) is 0 Å². The highest BCUT2D eigenvalue weighted by Crippen LogP contribution is 2.41. The van der Waals surface area contributed by atoms with Crippen molar-refractivity contribution in [2.24, 2.45) is 0 Å². The minimum absolute atomic E-state index is 0.136. The van der Waals surface area contributed by atoms with Gasteiger partial charge in [-0.1, -0.05) is 30.0 Å². The Hall–Kier alpha value is -1.84. The van der Waals surface area contributed by atoms with Crippen LogP contribution in [0, 0.1) is 0 Å². The molecule has 0 bridgehead atoms. The molecule has 0 saturated heterocycles. The van der Waals surface area contributed by atoms with Gasteiger partial charge in [-0.15, -0.1) is 10.2 Å². The average Bonchev–Trinajstić information content (AvgIpc) is 2.81. The van der Waals surface area contributed by atoms with E-state index in [-0.39, 0.29) is 5.75 Å². The first-order valence-corrected chi connectivity index (χ1v) is 10.4. The lowest BCUT2D eigenvalue weighted by molar-refractivity contribution is 0.225. The Balaban J connectivity index is 1.87. The minimum Gasteiger partial charge on any atom is -0.506 e. The number of para-hydroxylation sites is 1. The van der Waals surface area contributed by atoms with Gasteiger partial charge in [-0.05, 0) is 56.3 Å². The number of nitrogens with zero attached hydrogens (tertiary/aromatic N) is 3. The summed E-state index contributed by atoms with van der Waals surface area (Å²) in [7, 11) is 0. The Bertz CT molecular complexity index is 979. The summed E-state index contributed by atoms with van der Waals surface area (Å²) >= 11 is 8.13. The van der Waals surface area contributed by atoms with Gasteiger partial charge in [0.05, 0.1) is 8.95 Å². The van der Waals surface area contributed by atoms with E-state index in [0.717, 1.165) is 16.8 Å². The molecule has 0 unspecified atom stereocenters. The molecular formula is C17H12Br2N4O2S. The average molecular weight is 496 g/mol. The van der Waals surface area contributed by atoms with Gasteiger partial charge in [-0.2, -0.15) is 4.98 Å². The number of aromatic nitrogens is 3. The first-order chi connectivity index (χ1) is 12.6. The van der Waals surface area contributed by atoms with Gasteiger partial charge in [0.2, 0.25) is 11.0 Å². The van der Waals surface area contributed by atoms with Gasteiger partial charge in [0.15, 0.2) is 11.9 Å². The van der Waals surface area contributed by atoms with Crippen LogP contribution in [-0.2, 0) is 0 Å². The predicted octanol–water partition coefficient (Wildman–Crippen LogP) is 4.99. The normalized spacial score (nSPS) is 15.3. The number of fused-ring (bicyclic) bond motifs is 3. The molecule has 0 aliphatic carbocycles. The molecule has 0 fully saturated rings. The van der Waals surface area contributed by atoms with Crippen molar-refractivity contribution in [1.82, 2.24) is 15.2 Å². The lowest BCUT2D eigenvalue weighted by Gasteiger charge is -2.20. The molecule has 3 aromatic rings. The van der Waals surface area contributed by atoms with E-state index >= 15 is 0 Å². The molecule has 26 heavy (non-hydrogen) atoms. The lowest BCUT2D eigenvalue weighted by atomic mass is 10.1. The molecule has 1 aromatic heterocycles. The summed E-state index contributed by atoms with van der Waals surface area (Å²) in [6.45, 7) is 0. The summed E-state index contributed by atoms with van der Waals surface area (Å²) in [6.07, 6.45) is 1.37. The topological polar surface area (TPSA) is 80.2 Å². The Morgan fingerprint density at radius 1 is 1.15 bits per heavy atom. The number of hydrogen-bond acceptors (Lipinski definition) is 7. The lowest BCUT2D eigenvalue weighted by Crippen LogP contribution is -2.17. The number of thioether (sulfide) groups is 1. The summed E-state index contributed by atoms with van der Waals surface area (Å²) in [5, 5.41) is 22.3. The summed E-state index contributed by atoms with van der Waals surface area (Å²) in [6, 6.07) is 11.4. The number of nitrogens with one attached hydrogen (secondary N) is 1. The van der Waals surface area contributed by atoms with Crippen LogP contribution < -0.4 is 10.1 Å². The molecule has 1 atom stereocenters. The third-order valence-electron chi connectivity index (χ3n) is 3.86. The quantitative estimate of drug-likeness (QED) is 0.484. The smallest absolute Gasteiger partial charge is 0.247 e. The standard InChI is InChI=1S/C17H12Br2N4O2S/c1-26-17-21-16-13(22-23-17)9-4-2-3-5-12(9)20-15(25-16)8-6-10(18)14(24)11(19)7-8/h2-7,15,20,24H,1H3/t15-/m0/s1. The number of benzene rings is 2. The molecular weight excluding hydrogens is 484 g/mol. The van der Waals surface area contributed by atoms with Crippen molar-refractivity contribution in [3.05, 3.63) is 50.9 Å². The van der Waals surface area contributed by atoms with Crippen LogP contribution >= 0.6 is 43.6 Å². The maximum absolute atomic E-state index is 9.98. The highest BCUT2D eigenvalue weighted by atomic mass is 79.9. The van der Waals surface area contributed by atoms with Gasteiger partial charge in [0, 0.05) is 16.8 Å². The van der Waals surface area contributed by atoms with E-state index in [1.54, 1.807) is 12.1 Å². The van der Waals surface area contributed by atoms with Gasteiger partial charge >= 0.3 is 0 Å². The Labute approximate surface area is 170 Å². The molecule has 0 amide bonds. The maximum atomic E-state index is 9.98. The molecule has 132 valence electrons.